The van der Waals surface area contributed by atoms with E-state index in [1.165, 1.54) is 11.1 Å². The number of nitrogens with one attached hydrogen (secondary N) is 1. The van der Waals surface area contributed by atoms with Gasteiger partial charge < -0.3 is 9.73 Å². The molecule has 138 valence electrons. The van der Waals surface area contributed by atoms with Crippen LogP contribution in [0, 0.1) is 0 Å². The molecule has 0 spiro atoms. The molecule has 1 N–H and O–H groups in total. The van der Waals surface area contributed by atoms with Crippen LogP contribution in [0.2, 0.25) is 0 Å². The van der Waals surface area contributed by atoms with Gasteiger partial charge in [-0.2, -0.15) is 0 Å². The highest BCUT2D eigenvalue weighted by Crippen LogP contribution is 2.24. The average molecular weight is 353 g/mol. The Kier molecular flexibility index (Phi) is 5.37. The topological polar surface area (TPSA) is 48.7 Å². The molecule has 3 heterocycles. The fourth-order valence-corrected chi connectivity index (χ4v) is 4.13. The van der Waals surface area contributed by atoms with Gasteiger partial charge in [0.25, 0.3) is 0 Å². The number of nitrogens with zero attached hydrogens (tertiary/aromatic N) is 2. The molecule has 2 aliphatic heterocycles. The van der Waals surface area contributed by atoms with Crippen molar-refractivity contribution in [2.24, 2.45) is 0 Å². The number of fused-ring (bicyclic) bond motifs is 1. The summed E-state index contributed by atoms with van der Waals surface area (Å²) in [7, 11) is 0. The van der Waals surface area contributed by atoms with Crippen molar-refractivity contribution in [1.82, 2.24) is 15.1 Å². The summed E-state index contributed by atoms with van der Waals surface area (Å²) in [5, 5.41) is 2.93. The average Bonchev–Trinajstić information content (AvgIpc) is 3.20. The molecule has 0 unspecified atom stereocenters. The number of amides is 1. The van der Waals surface area contributed by atoms with E-state index < -0.39 is 0 Å². The first kappa shape index (κ1) is 17.3. The maximum Gasteiger partial charge on any atom is 0.234 e. The molecule has 0 bridgehead atoms. The smallest absolute Gasteiger partial charge is 0.234 e. The predicted octanol–water partition coefficient (Wildman–Crippen LogP) is 2.42. The van der Waals surface area contributed by atoms with Gasteiger partial charge in [-0.15, -0.1) is 0 Å². The summed E-state index contributed by atoms with van der Waals surface area (Å²) in [6.07, 6.45) is 5.08. The van der Waals surface area contributed by atoms with Gasteiger partial charge >= 0.3 is 0 Å². The number of furan rings is 1. The molecule has 2 aliphatic rings. The van der Waals surface area contributed by atoms with Crippen molar-refractivity contribution in [3.05, 3.63) is 59.5 Å². The monoisotopic (exact) mass is 353 g/mol. The van der Waals surface area contributed by atoms with Crippen molar-refractivity contribution >= 4 is 5.91 Å². The van der Waals surface area contributed by atoms with E-state index in [1.54, 1.807) is 6.26 Å². The minimum absolute atomic E-state index is 0.0757. The van der Waals surface area contributed by atoms with E-state index in [1.807, 2.05) is 12.1 Å². The largest absolute Gasteiger partial charge is 0.467 e. The van der Waals surface area contributed by atoms with Gasteiger partial charge in [0.1, 0.15) is 5.76 Å². The number of carbonyl (C=O) groups is 1. The van der Waals surface area contributed by atoms with E-state index >= 15 is 0 Å². The number of likely N-dealkylation sites (tertiary alicyclic amines) is 1. The van der Waals surface area contributed by atoms with Gasteiger partial charge in [0, 0.05) is 32.2 Å². The normalized spacial score (nSPS) is 19.2. The summed E-state index contributed by atoms with van der Waals surface area (Å²) >= 11 is 0. The van der Waals surface area contributed by atoms with Crippen molar-refractivity contribution in [3.63, 3.8) is 0 Å². The number of hydrogen-bond acceptors (Lipinski definition) is 4. The fourth-order valence-electron chi connectivity index (χ4n) is 4.13. The van der Waals surface area contributed by atoms with E-state index in [0.717, 1.165) is 51.2 Å². The Bertz CT molecular complexity index is 721. The molecule has 26 heavy (non-hydrogen) atoms. The second-order valence-electron chi connectivity index (χ2n) is 7.35. The van der Waals surface area contributed by atoms with Crippen LogP contribution in [0.15, 0.2) is 47.1 Å². The van der Waals surface area contributed by atoms with Gasteiger partial charge in [0.2, 0.25) is 5.91 Å². The lowest BCUT2D eigenvalue weighted by Gasteiger charge is -2.40. The van der Waals surface area contributed by atoms with Gasteiger partial charge in [-0.3, -0.25) is 14.6 Å². The summed E-state index contributed by atoms with van der Waals surface area (Å²) in [5.74, 6) is 0.870. The van der Waals surface area contributed by atoms with E-state index in [-0.39, 0.29) is 5.91 Å². The first-order valence-corrected chi connectivity index (χ1v) is 9.60. The quantitative estimate of drug-likeness (QED) is 0.897. The third-order valence-corrected chi connectivity index (χ3v) is 5.64. The Labute approximate surface area is 155 Å². The zero-order valence-corrected chi connectivity index (χ0v) is 15.2. The van der Waals surface area contributed by atoms with Crippen LogP contribution in [0.3, 0.4) is 0 Å². The third-order valence-electron chi connectivity index (χ3n) is 5.64. The molecule has 0 atom stereocenters. The van der Waals surface area contributed by atoms with E-state index in [0.29, 0.717) is 19.1 Å². The molecular weight excluding hydrogens is 326 g/mol. The molecule has 0 saturated carbocycles. The molecule has 0 radical (unpaired) electrons. The first-order chi connectivity index (χ1) is 12.8. The Balaban J connectivity index is 1.21. The van der Waals surface area contributed by atoms with Crippen LogP contribution in [-0.2, 0) is 24.3 Å². The van der Waals surface area contributed by atoms with Crippen molar-refractivity contribution in [2.75, 3.05) is 26.2 Å². The first-order valence-electron chi connectivity index (χ1n) is 9.60. The Morgan fingerprint density at radius 3 is 2.65 bits per heavy atom. The lowest BCUT2D eigenvalue weighted by molar-refractivity contribution is -0.122. The van der Waals surface area contributed by atoms with Crippen LogP contribution < -0.4 is 5.32 Å². The SMILES string of the molecule is O=C(CN1CCC(N2CCc3ccccc3C2)CC1)NCc1ccco1. The number of hydrogen-bond donors (Lipinski definition) is 1. The molecule has 0 aliphatic carbocycles. The van der Waals surface area contributed by atoms with Crippen LogP contribution >= 0.6 is 0 Å². The summed E-state index contributed by atoms with van der Waals surface area (Å²) in [4.78, 5) is 17.0. The molecule has 1 aromatic carbocycles. The maximum absolute atomic E-state index is 12.1. The van der Waals surface area contributed by atoms with Crippen LogP contribution in [0.4, 0.5) is 0 Å². The van der Waals surface area contributed by atoms with Crippen molar-refractivity contribution in [2.45, 2.75) is 38.4 Å². The lowest BCUT2D eigenvalue weighted by atomic mass is 9.95. The van der Waals surface area contributed by atoms with Crippen LogP contribution in [-0.4, -0.2) is 47.9 Å². The van der Waals surface area contributed by atoms with Crippen LogP contribution in [0.1, 0.15) is 29.7 Å². The molecule has 2 aromatic rings. The zero-order valence-electron chi connectivity index (χ0n) is 15.2. The van der Waals surface area contributed by atoms with Gasteiger partial charge in [-0.05, 0) is 42.5 Å². The van der Waals surface area contributed by atoms with Crippen molar-refractivity contribution in [1.29, 1.82) is 0 Å². The van der Waals surface area contributed by atoms with Gasteiger partial charge in [0.05, 0.1) is 19.4 Å². The number of benzene rings is 1. The number of carbonyl (C=O) groups excluding carboxylic acids is 1. The molecule has 1 amide bonds. The van der Waals surface area contributed by atoms with Crippen molar-refractivity contribution < 1.29 is 9.21 Å². The Morgan fingerprint density at radius 1 is 1.08 bits per heavy atom. The molecule has 5 nitrogen and oxygen atoms in total. The molecule has 4 rings (SSSR count). The minimum Gasteiger partial charge on any atom is -0.467 e. The maximum atomic E-state index is 12.1. The minimum atomic E-state index is 0.0757. The molecule has 1 aromatic heterocycles. The van der Waals surface area contributed by atoms with E-state index in [4.69, 9.17) is 4.42 Å². The molecule has 1 fully saturated rings. The third kappa shape index (κ3) is 4.17. The summed E-state index contributed by atoms with van der Waals surface area (Å²) < 4.78 is 5.25. The van der Waals surface area contributed by atoms with Gasteiger partial charge in [-0.1, -0.05) is 24.3 Å². The molecule has 1 saturated heterocycles. The summed E-state index contributed by atoms with van der Waals surface area (Å²) in [6, 6.07) is 13.2. The summed E-state index contributed by atoms with van der Waals surface area (Å²) in [5.41, 5.74) is 2.99. The fraction of sp³-hybridized carbons (Fsp3) is 0.476. The molecular formula is C21H27N3O2. The molecule has 5 heteroatoms. The second kappa shape index (κ2) is 8.06. The van der Waals surface area contributed by atoms with Crippen LogP contribution in [0.5, 0.6) is 0 Å². The van der Waals surface area contributed by atoms with Crippen LogP contribution in [0.25, 0.3) is 0 Å². The number of piperidine rings is 1. The highest BCUT2D eigenvalue weighted by Gasteiger charge is 2.27. The van der Waals surface area contributed by atoms with Gasteiger partial charge in [-0.25, -0.2) is 0 Å². The summed E-state index contributed by atoms with van der Waals surface area (Å²) in [6.45, 7) is 5.18. The van der Waals surface area contributed by atoms with E-state index in [9.17, 15) is 4.79 Å². The zero-order chi connectivity index (χ0) is 17.8. The predicted molar refractivity (Wildman–Crippen MR) is 101 cm³/mol. The lowest BCUT2D eigenvalue weighted by Crippen LogP contribution is -2.48. The highest BCUT2D eigenvalue weighted by atomic mass is 16.3. The Hall–Kier alpha value is -2.11. The van der Waals surface area contributed by atoms with Crippen molar-refractivity contribution in [3.8, 4) is 0 Å². The van der Waals surface area contributed by atoms with E-state index in [2.05, 4.69) is 39.4 Å². The Morgan fingerprint density at radius 2 is 1.88 bits per heavy atom. The second-order valence-corrected chi connectivity index (χ2v) is 7.35. The van der Waals surface area contributed by atoms with Gasteiger partial charge in [0.15, 0.2) is 0 Å². The standard InChI is InChI=1S/C21H27N3O2/c25-21(22-14-20-6-3-13-26-20)16-23-10-8-19(9-11-23)24-12-7-17-4-1-2-5-18(17)15-24/h1-6,13,19H,7-12,14-16H2,(H,22,25). The highest BCUT2D eigenvalue weighted by molar-refractivity contribution is 5.77. The number of rotatable bonds is 5.